The Kier molecular flexibility index (Phi) is 7.50. The molecule has 1 heterocycles. The maximum atomic E-state index is 10.5. The first kappa shape index (κ1) is 18.2. The van der Waals surface area contributed by atoms with Gasteiger partial charge in [-0.05, 0) is 49.2 Å². The van der Waals surface area contributed by atoms with Crippen LogP contribution in [0.4, 0.5) is 0 Å². The van der Waals surface area contributed by atoms with Crippen molar-refractivity contribution in [3.63, 3.8) is 0 Å². The van der Waals surface area contributed by atoms with Crippen molar-refractivity contribution in [2.24, 2.45) is 0 Å². The zero-order valence-electron chi connectivity index (χ0n) is 14.4. The van der Waals surface area contributed by atoms with Gasteiger partial charge in [-0.15, -0.1) is 0 Å². The summed E-state index contributed by atoms with van der Waals surface area (Å²) in [5, 5.41) is 8.65. The van der Waals surface area contributed by atoms with Gasteiger partial charge >= 0.3 is 5.97 Å². The largest absolute Gasteiger partial charge is 0.481 e. The third-order valence-electron chi connectivity index (χ3n) is 4.31. The molecule has 3 nitrogen and oxygen atoms in total. The molecule has 1 aliphatic rings. The van der Waals surface area contributed by atoms with Crippen LogP contribution in [0.5, 0.6) is 0 Å². The van der Waals surface area contributed by atoms with Gasteiger partial charge in [0.25, 0.3) is 0 Å². The number of piperidine rings is 1. The Morgan fingerprint density at radius 2 is 1.50 bits per heavy atom. The molecule has 0 saturated carbocycles. The van der Waals surface area contributed by atoms with Gasteiger partial charge in [0.1, 0.15) is 0 Å². The second-order valence-corrected chi connectivity index (χ2v) is 6.13. The highest BCUT2D eigenvalue weighted by Gasteiger charge is 2.05. The van der Waals surface area contributed by atoms with Crippen molar-refractivity contribution < 1.29 is 9.90 Å². The van der Waals surface area contributed by atoms with Crippen LogP contribution in [0, 0.1) is 0 Å². The Morgan fingerprint density at radius 1 is 0.917 bits per heavy atom. The molecule has 0 aliphatic carbocycles. The standard InChI is InChI=1S/C14H12O2.C7H15N/c15-14(16)10-11-6-8-13(9-7-11)12-4-2-1-3-5-12;1-2-8-6-4-3-5-7-8/h1-9H,10H2,(H,15,16);2-7H2,1H3. The predicted octanol–water partition coefficient (Wildman–Crippen LogP) is 4.47. The van der Waals surface area contributed by atoms with Gasteiger partial charge in [0.2, 0.25) is 0 Å². The first-order valence-corrected chi connectivity index (χ1v) is 8.77. The summed E-state index contributed by atoms with van der Waals surface area (Å²) in [6.07, 6.45) is 4.38. The van der Waals surface area contributed by atoms with Crippen LogP contribution in [0.25, 0.3) is 11.1 Å². The van der Waals surface area contributed by atoms with Crippen LogP contribution < -0.4 is 0 Å². The molecule has 2 aromatic rings. The Morgan fingerprint density at radius 3 is 2.00 bits per heavy atom. The van der Waals surface area contributed by atoms with Crippen LogP contribution in [0.1, 0.15) is 31.7 Å². The number of hydrogen-bond acceptors (Lipinski definition) is 2. The van der Waals surface area contributed by atoms with E-state index < -0.39 is 5.97 Å². The van der Waals surface area contributed by atoms with Crippen LogP contribution in [0.15, 0.2) is 54.6 Å². The van der Waals surface area contributed by atoms with Crippen LogP contribution in [0.2, 0.25) is 0 Å². The predicted molar refractivity (Wildman–Crippen MR) is 99.2 cm³/mol. The normalized spacial score (nSPS) is 14.5. The molecule has 0 bridgehead atoms. The van der Waals surface area contributed by atoms with Crippen molar-refractivity contribution in [2.45, 2.75) is 32.6 Å². The molecule has 1 fully saturated rings. The smallest absolute Gasteiger partial charge is 0.307 e. The molecule has 128 valence electrons. The lowest BCUT2D eigenvalue weighted by Crippen LogP contribution is -2.29. The summed E-state index contributed by atoms with van der Waals surface area (Å²) in [5.41, 5.74) is 3.08. The summed E-state index contributed by atoms with van der Waals surface area (Å²) in [4.78, 5) is 13.0. The minimum Gasteiger partial charge on any atom is -0.481 e. The van der Waals surface area contributed by atoms with Gasteiger partial charge in [0, 0.05) is 0 Å². The highest BCUT2D eigenvalue weighted by molar-refractivity contribution is 5.71. The van der Waals surface area contributed by atoms with E-state index in [1.54, 1.807) is 0 Å². The van der Waals surface area contributed by atoms with E-state index in [2.05, 4.69) is 11.8 Å². The fourth-order valence-electron chi connectivity index (χ4n) is 2.90. The number of carbonyl (C=O) groups is 1. The molecule has 0 spiro atoms. The zero-order chi connectivity index (χ0) is 17.2. The SMILES string of the molecule is CCN1CCCCC1.O=C(O)Cc1ccc(-c2ccccc2)cc1. The average molecular weight is 325 g/mol. The molecule has 0 amide bonds. The second-order valence-electron chi connectivity index (χ2n) is 6.13. The summed E-state index contributed by atoms with van der Waals surface area (Å²) in [6, 6.07) is 17.6. The quantitative estimate of drug-likeness (QED) is 0.901. The average Bonchev–Trinajstić information content (AvgIpc) is 2.64. The fourth-order valence-corrected chi connectivity index (χ4v) is 2.90. The molecule has 3 rings (SSSR count). The molecule has 1 aliphatic heterocycles. The van der Waals surface area contributed by atoms with Gasteiger partial charge in [0.05, 0.1) is 6.42 Å². The van der Waals surface area contributed by atoms with E-state index in [9.17, 15) is 4.79 Å². The lowest BCUT2D eigenvalue weighted by Gasteiger charge is -2.24. The van der Waals surface area contributed by atoms with Crippen molar-refractivity contribution in [2.75, 3.05) is 19.6 Å². The highest BCUT2D eigenvalue weighted by Crippen LogP contribution is 2.19. The minimum atomic E-state index is -0.799. The molecule has 24 heavy (non-hydrogen) atoms. The fraction of sp³-hybridized carbons (Fsp3) is 0.381. The van der Waals surface area contributed by atoms with Gasteiger partial charge in [-0.2, -0.15) is 0 Å². The number of hydrogen-bond donors (Lipinski definition) is 1. The van der Waals surface area contributed by atoms with E-state index >= 15 is 0 Å². The number of rotatable bonds is 4. The summed E-state index contributed by atoms with van der Waals surface area (Å²) >= 11 is 0. The van der Waals surface area contributed by atoms with Crippen molar-refractivity contribution in [1.29, 1.82) is 0 Å². The minimum absolute atomic E-state index is 0.0784. The highest BCUT2D eigenvalue weighted by atomic mass is 16.4. The Bertz CT molecular complexity index is 601. The van der Waals surface area contributed by atoms with Crippen LogP contribution in [-0.2, 0) is 11.2 Å². The van der Waals surface area contributed by atoms with Crippen LogP contribution >= 0.6 is 0 Å². The zero-order valence-corrected chi connectivity index (χ0v) is 14.4. The van der Waals surface area contributed by atoms with Crippen molar-refractivity contribution in [1.82, 2.24) is 4.90 Å². The summed E-state index contributed by atoms with van der Waals surface area (Å²) in [7, 11) is 0. The third-order valence-corrected chi connectivity index (χ3v) is 4.31. The topological polar surface area (TPSA) is 40.5 Å². The Hall–Kier alpha value is -2.13. The lowest BCUT2D eigenvalue weighted by atomic mass is 10.0. The maximum absolute atomic E-state index is 10.5. The van der Waals surface area contributed by atoms with Crippen LogP contribution in [-0.4, -0.2) is 35.6 Å². The van der Waals surface area contributed by atoms with Gasteiger partial charge in [-0.3, -0.25) is 4.79 Å². The molecule has 0 radical (unpaired) electrons. The van der Waals surface area contributed by atoms with Crippen molar-refractivity contribution in [3.05, 3.63) is 60.2 Å². The van der Waals surface area contributed by atoms with Crippen molar-refractivity contribution in [3.8, 4) is 11.1 Å². The van der Waals surface area contributed by atoms with Crippen LogP contribution in [0.3, 0.4) is 0 Å². The van der Waals surface area contributed by atoms with E-state index in [1.165, 1.54) is 38.9 Å². The number of benzene rings is 2. The number of carboxylic acids is 1. The Labute approximate surface area is 144 Å². The second kappa shape index (κ2) is 9.89. The Balaban J connectivity index is 0.000000219. The monoisotopic (exact) mass is 325 g/mol. The maximum Gasteiger partial charge on any atom is 0.307 e. The van der Waals surface area contributed by atoms with Gasteiger partial charge in [-0.1, -0.05) is 67.9 Å². The number of aliphatic carboxylic acids is 1. The number of nitrogens with zero attached hydrogens (tertiary/aromatic N) is 1. The van der Waals surface area contributed by atoms with E-state index in [0.717, 1.165) is 16.7 Å². The summed E-state index contributed by atoms with van der Waals surface area (Å²) < 4.78 is 0. The number of likely N-dealkylation sites (tertiary alicyclic amines) is 1. The van der Waals surface area contributed by atoms with Gasteiger partial charge < -0.3 is 10.0 Å². The van der Waals surface area contributed by atoms with E-state index in [1.807, 2.05) is 54.6 Å². The van der Waals surface area contributed by atoms with E-state index in [-0.39, 0.29) is 6.42 Å². The van der Waals surface area contributed by atoms with Crippen molar-refractivity contribution >= 4 is 5.97 Å². The molecule has 0 aromatic heterocycles. The molecule has 1 N–H and O–H groups in total. The van der Waals surface area contributed by atoms with E-state index in [4.69, 9.17) is 5.11 Å². The molecule has 2 aromatic carbocycles. The summed E-state index contributed by atoms with van der Waals surface area (Å²) in [5.74, 6) is -0.799. The van der Waals surface area contributed by atoms with Gasteiger partial charge in [0.15, 0.2) is 0 Å². The number of carboxylic acid groups (broad SMARTS) is 1. The molecule has 0 unspecified atom stereocenters. The van der Waals surface area contributed by atoms with E-state index in [0.29, 0.717) is 0 Å². The molecular formula is C21H27NO2. The first-order chi connectivity index (χ1) is 11.7. The molecule has 0 atom stereocenters. The molecule has 3 heteroatoms. The lowest BCUT2D eigenvalue weighted by molar-refractivity contribution is -0.136. The summed E-state index contributed by atoms with van der Waals surface area (Å²) in [6.45, 7) is 6.18. The first-order valence-electron chi connectivity index (χ1n) is 8.77. The van der Waals surface area contributed by atoms with Gasteiger partial charge in [-0.25, -0.2) is 0 Å². The molecule has 1 saturated heterocycles. The molecular weight excluding hydrogens is 298 g/mol. The third kappa shape index (κ3) is 6.17.